The molecule has 1 saturated carbocycles. The molecule has 1 N–H and O–H groups in total. The van der Waals surface area contributed by atoms with Gasteiger partial charge < -0.3 is 19.5 Å². The number of esters is 1. The van der Waals surface area contributed by atoms with Gasteiger partial charge in [0.2, 0.25) is 0 Å². The Morgan fingerprint density at radius 3 is 2.54 bits per heavy atom. The predicted molar refractivity (Wildman–Crippen MR) is 96.2 cm³/mol. The van der Waals surface area contributed by atoms with Gasteiger partial charge in [0, 0.05) is 12.6 Å². The highest BCUT2D eigenvalue weighted by Crippen LogP contribution is 2.19. The maximum atomic E-state index is 12.2. The molecule has 1 amide bonds. The second kappa shape index (κ2) is 9.03. The molecule has 0 unspecified atom stereocenters. The number of amides is 1. The lowest BCUT2D eigenvalue weighted by molar-refractivity contribution is -0.129. The average Bonchev–Trinajstić information content (AvgIpc) is 3.34. The van der Waals surface area contributed by atoms with Crippen LogP contribution < -0.4 is 10.1 Å². The van der Waals surface area contributed by atoms with Gasteiger partial charge in [-0.05, 0) is 56.9 Å². The summed E-state index contributed by atoms with van der Waals surface area (Å²) in [4.78, 5) is 24.3. The summed E-state index contributed by atoms with van der Waals surface area (Å²) in [6, 6.07) is 6.97. The average molecular weight is 361 g/mol. The van der Waals surface area contributed by atoms with Gasteiger partial charge in [-0.3, -0.25) is 4.79 Å². The van der Waals surface area contributed by atoms with Crippen molar-refractivity contribution in [3.63, 3.8) is 0 Å². The molecule has 1 aromatic carbocycles. The quantitative estimate of drug-likeness (QED) is 0.756. The molecule has 0 bridgehead atoms. The van der Waals surface area contributed by atoms with Crippen molar-refractivity contribution in [3.8, 4) is 5.75 Å². The monoisotopic (exact) mass is 361 g/mol. The van der Waals surface area contributed by atoms with Crippen LogP contribution in [0.1, 0.15) is 55.8 Å². The van der Waals surface area contributed by atoms with E-state index >= 15 is 0 Å². The lowest BCUT2D eigenvalue weighted by Gasteiger charge is -2.17. The van der Waals surface area contributed by atoms with Crippen LogP contribution in [0.2, 0.25) is 0 Å². The molecule has 0 radical (unpaired) electrons. The van der Waals surface area contributed by atoms with E-state index in [4.69, 9.17) is 14.2 Å². The molecule has 6 nitrogen and oxygen atoms in total. The van der Waals surface area contributed by atoms with E-state index in [-0.39, 0.29) is 18.1 Å². The number of carbonyl (C=O) groups excluding carboxylic acids is 2. The highest BCUT2D eigenvalue weighted by molar-refractivity contribution is 5.92. The van der Waals surface area contributed by atoms with Crippen LogP contribution in [0.3, 0.4) is 0 Å². The Kier molecular flexibility index (Phi) is 6.50. The van der Waals surface area contributed by atoms with Crippen LogP contribution in [0.4, 0.5) is 0 Å². The van der Waals surface area contributed by atoms with Crippen LogP contribution in [0.25, 0.3) is 0 Å². The lowest BCUT2D eigenvalue weighted by atomic mass is 10.2. The summed E-state index contributed by atoms with van der Waals surface area (Å²) in [6.07, 6.45) is 5.72. The molecule has 2 atom stereocenters. The van der Waals surface area contributed by atoms with Gasteiger partial charge >= 0.3 is 5.97 Å². The first-order chi connectivity index (χ1) is 12.6. The van der Waals surface area contributed by atoms with E-state index in [1.54, 1.807) is 31.2 Å². The van der Waals surface area contributed by atoms with Crippen LogP contribution in [0.5, 0.6) is 5.75 Å². The Bertz CT molecular complexity index is 603. The summed E-state index contributed by atoms with van der Waals surface area (Å²) in [7, 11) is 0. The minimum Gasteiger partial charge on any atom is -0.491 e. The first kappa shape index (κ1) is 18.7. The van der Waals surface area contributed by atoms with E-state index in [2.05, 4.69) is 5.32 Å². The lowest BCUT2D eigenvalue weighted by Crippen LogP contribution is -2.40. The van der Waals surface area contributed by atoms with Gasteiger partial charge in [-0.25, -0.2) is 4.79 Å². The minimum atomic E-state index is -0.807. The first-order valence-electron chi connectivity index (χ1n) is 9.47. The number of ether oxygens (including phenoxy) is 3. The summed E-state index contributed by atoms with van der Waals surface area (Å²) in [5.41, 5.74) is 0.398. The Labute approximate surface area is 154 Å². The van der Waals surface area contributed by atoms with Crippen LogP contribution in [0, 0.1) is 0 Å². The van der Waals surface area contributed by atoms with Crippen molar-refractivity contribution in [2.75, 3.05) is 13.2 Å². The molecule has 2 fully saturated rings. The molecule has 2 aliphatic rings. The van der Waals surface area contributed by atoms with Crippen LogP contribution >= 0.6 is 0 Å². The SMILES string of the molecule is C[C@H](OC(=O)c1ccc(OC[C@H]2CCCO2)cc1)C(=O)NC1CCCC1. The molecule has 26 heavy (non-hydrogen) atoms. The minimum absolute atomic E-state index is 0.152. The molecule has 1 heterocycles. The Morgan fingerprint density at radius 1 is 1.15 bits per heavy atom. The molecule has 1 aliphatic carbocycles. The molecular formula is C20H27NO5. The zero-order valence-corrected chi connectivity index (χ0v) is 15.2. The summed E-state index contributed by atoms with van der Waals surface area (Å²) >= 11 is 0. The fourth-order valence-electron chi connectivity index (χ4n) is 3.32. The zero-order chi connectivity index (χ0) is 18.4. The maximum absolute atomic E-state index is 12.2. The molecule has 1 aliphatic heterocycles. The van der Waals surface area contributed by atoms with Crippen molar-refractivity contribution in [3.05, 3.63) is 29.8 Å². The number of benzene rings is 1. The van der Waals surface area contributed by atoms with E-state index in [1.165, 1.54) is 0 Å². The predicted octanol–water partition coefficient (Wildman–Crippen LogP) is 2.85. The molecular weight excluding hydrogens is 334 g/mol. The highest BCUT2D eigenvalue weighted by atomic mass is 16.5. The fourth-order valence-corrected chi connectivity index (χ4v) is 3.32. The van der Waals surface area contributed by atoms with Gasteiger partial charge in [0.05, 0.1) is 11.7 Å². The van der Waals surface area contributed by atoms with Crippen molar-refractivity contribution in [1.82, 2.24) is 5.32 Å². The Morgan fingerprint density at radius 2 is 1.88 bits per heavy atom. The van der Waals surface area contributed by atoms with Gasteiger partial charge in [-0.1, -0.05) is 12.8 Å². The van der Waals surface area contributed by atoms with Crippen molar-refractivity contribution in [2.45, 2.75) is 63.7 Å². The fraction of sp³-hybridized carbons (Fsp3) is 0.600. The molecule has 0 aromatic heterocycles. The second-order valence-electron chi connectivity index (χ2n) is 7.01. The molecule has 3 rings (SSSR count). The van der Waals surface area contributed by atoms with Crippen molar-refractivity contribution < 1.29 is 23.8 Å². The first-order valence-corrected chi connectivity index (χ1v) is 9.47. The third-order valence-corrected chi connectivity index (χ3v) is 4.90. The van der Waals surface area contributed by atoms with Gasteiger partial charge in [0.25, 0.3) is 5.91 Å². The molecule has 1 saturated heterocycles. The van der Waals surface area contributed by atoms with Crippen molar-refractivity contribution in [2.24, 2.45) is 0 Å². The summed E-state index contributed by atoms with van der Waals surface area (Å²) < 4.78 is 16.5. The molecule has 1 aromatic rings. The van der Waals surface area contributed by atoms with Gasteiger partial charge in [0.15, 0.2) is 6.10 Å². The largest absolute Gasteiger partial charge is 0.491 e. The molecule has 0 spiro atoms. The zero-order valence-electron chi connectivity index (χ0n) is 15.2. The van der Waals surface area contributed by atoms with Crippen molar-refractivity contribution in [1.29, 1.82) is 0 Å². The third-order valence-electron chi connectivity index (χ3n) is 4.90. The maximum Gasteiger partial charge on any atom is 0.338 e. The van der Waals surface area contributed by atoms with Crippen LogP contribution in [0.15, 0.2) is 24.3 Å². The molecule has 6 heteroatoms. The topological polar surface area (TPSA) is 73.9 Å². The normalized spacial score (nSPS) is 21.3. The van der Waals surface area contributed by atoms with Crippen molar-refractivity contribution >= 4 is 11.9 Å². The third kappa shape index (κ3) is 5.21. The molecule has 142 valence electrons. The summed E-state index contributed by atoms with van der Waals surface area (Å²) in [5.74, 6) is -0.0596. The number of nitrogens with one attached hydrogen (secondary N) is 1. The van der Waals surface area contributed by atoms with Crippen LogP contribution in [-0.2, 0) is 14.3 Å². The van der Waals surface area contributed by atoms with E-state index in [1.807, 2.05) is 0 Å². The number of hydrogen-bond donors (Lipinski definition) is 1. The van der Waals surface area contributed by atoms with E-state index in [0.717, 1.165) is 45.1 Å². The van der Waals surface area contributed by atoms with E-state index < -0.39 is 12.1 Å². The number of carbonyl (C=O) groups is 2. The van der Waals surface area contributed by atoms with E-state index in [9.17, 15) is 9.59 Å². The summed E-state index contributed by atoms with van der Waals surface area (Å²) in [5, 5.41) is 2.94. The smallest absolute Gasteiger partial charge is 0.338 e. The number of rotatable bonds is 7. The number of hydrogen-bond acceptors (Lipinski definition) is 5. The van der Waals surface area contributed by atoms with Gasteiger partial charge in [-0.15, -0.1) is 0 Å². The van der Waals surface area contributed by atoms with Crippen LogP contribution in [-0.4, -0.2) is 43.3 Å². The Balaban J connectivity index is 1.45. The standard InChI is InChI=1S/C20H27NO5/c1-14(19(22)21-16-5-2-3-6-16)26-20(23)15-8-10-17(11-9-15)25-13-18-7-4-12-24-18/h8-11,14,16,18H,2-7,12-13H2,1H3,(H,21,22)/t14-,18+/m0/s1. The summed E-state index contributed by atoms with van der Waals surface area (Å²) in [6.45, 7) is 2.91. The van der Waals surface area contributed by atoms with Gasteiger partial charge in [-0.2, -0.15) is 0 Å². The Hall–Kier alpha value is -2.08. The van der Waals surface area contributed by atoms with Gasteiger partial charge in [0.1, 0.15) is 12.4 Å². The van der Waals surface area contributed by atoms with E-state index in [0.29, 0.717) is 17.9 Å². The second-order valence-corrected chi connectivity index (χ2v) is 7.01. The highest BCUT2D eigenvalue weighted by Gasteiger charge is 2.23.